The fourth-order valence-electron chi connectivity index (χ4n) is 3.87. The van der Waals surface area contributed by atoms with Crippen molar-refractivity contribution in [3.8, 4) is 5.88 Å². The number of piperidine rings is 2. The lowest BCUT2D eigenvalue weighted by Gasteiger charge is -2.36. The summed E-state index contributed by atoms with van der Waals surface area (Å²) >= 11 is 0. The van der Waals surface area contributed by atoms with Crippen LogP contribution in [0.5, 0.6) is 5.88 Å². The van der Waals surface area contributed by atoms with Gasteiger partial charge in [-0.05, 0) is 45.4 Å². The van der Waals surface area contributed by atoms with Gasteiger partial charge in [0.25, 0.3) is 0 Å². The predicted molar refractivity (Wildman–Crippen MR) is 105 cm³/mol. The molecule has 2 aliphatic rings. The van der Waals surface area contributed by atoms with E-state index in [1.54, 1.807) is 0 Å². The summed E-state index contributed by atoms with van der Waals surface area (Å²) in [6, 6.07) is 0. The first-order chi connectivity index (χ1) is 13.3. The summed E-state index contributed by atoms with van der Waals surface area (Å²) in [4.78, 5) is 23.1. The molecule has 1 amide bonds. The Hall–Kier alpha value is -1.74. The summed E-state index contributed by atoms with van der Waals surface area (Å²) in [6.45, 7) is 6.86. The first-order valence-electron chi connectivity index (χ1n) is 9.90. The molecule has 1 aromatic rings. The minimum Gasteiger partial charge on any atom is -0.477 e. The molecule has 3 rings (SSSR count). The molecule has 9 heteroatoms. The number of carbonyl (C=O) groups is 1. The molecule has 0 bridgehead atoms. The Kier molecular flexibility index (Phi) is 6.54. The molecule has 8 nitrogen and oxygen atoms in total. The minimum absolute atomic E-state index is 0.0579. The zero-order valence-corrected chi connectivity index (χ0v) is 17.7. The van der Waals surface area contributed by atoms with Crippen LogP contribution < -0.4 is 4.74 Å². The highest BCUT2D eigenvalue weighted by Gasteiger charge is 2.33. The van der Waals surface area contributed by atoms with E-state index >= 15 is 0 Å². The molecule has 0 N–H and O–H groups in total. The van der Waals surface area contributed by atoms with Gasteiger partial charge in [0.05, 0.1) is 12.9 Å². The SMILES string of the molecule is Cc1ncnc(OCC2CCN(C(=O)C3CCN(S(C)(=O)=O)CC3)CC2)c1C. The molecule has 0 aromatic carbocycles. The van der Waals surface area contributed by atoms with Gasteiger partial charge in [0, 0.05) is 43.4 Å². The highest BCUT2D eigenvalue weighted by molar-refractivity contribution is 7.88. The lowest BCUT2D eigenvalue weighted by atomic mass is 9.93. The molecule has 3 heterocycles. The topological polar surface area (TPSA) is 92.7 Å². The van der Waals surface area contributed by atoms with Crippen molar-refractivity contribution in [2.45, 2.75) is 39.5 Å². The Labute approximate surface area is 167 Å². The Bertz CT molecular complexity index is 798. The number of amides is 1. The van der Waals surface area contributed by atoms with Crippen LogP contribution in [0.25, 0.3) is 0 Å². The number of sulfonamides is 1. The van der Waals surface area contributed by atoms with Crippen LogP contribution in [0.1, 0.15) is 36.9 Å². The minimum atomic E-state index is -3.16. The van der Waals surface area contributed by atoms with E-state index in [4.69, 9.17) is 4.74 Å². The van der Waals surface area contributed by atoms with Crippen molar-refractivity contribution in [2.75, 3.05) is 39.0 Å². The molecule has 0 atom stereocenters. The monoisotopic (exact) mass is 410 g/mol. The van der Waals surface area contributed by atoms with Gasteiger partial charge in [-0.1, -0.05) is 0 Å². The zero-order valence-electron chi connectivity index (χ0n) is 16.9. The van der Waals surface area contributed by atoms with E-state index in [1.807, 2.05) is 18.7 Å². The van der Waals surface area contributed by atoms with Gasteiger partial charge in [-0.3, -0.25) is 4.79 Å². The Balaban J connectivity index is 1.44. The van der Waals surface area contributed by atoms with E-state index in [0.717, 1.165) is 37.2 Å². The summed E-state index contributed by atoms with van der Waals surface area (Å²) in [6.07, 6.45) is 5.80. The fourth-order valence-corrected chi connectivity index (χ4v) is 4.75. The van der Waals surface area contributed by atoms with E-state index in [0.29, 0.717) is 44.3 Å². The summed E-state index contributed by atoms with van der Waals surface area (Å²) in [5.74, 6) is 1.17. The fraction of sp³-hybridized carbons (Fsp3) is 0.737. The van der Waals surface area contributed by atoms with Gasteiger partial charge in [-0.2, -0.15) is 0 Å². The largest absolute Gasteiger partial charge is 0.477 e. The van der Waals surface area contributed by atoms with Crippen molar-refractivity contribution in [1.82, 2.24) is 19.2 Å². The van der Waals surface area contributed by atoms with Crippen LogP contribution in [0.4, 0.5) is 0 Å². The summed E-state index contributed by atoms with van der Waals surface area (Å²) in [5, 5.41) is 0. The molecule has 0 spiro atoms. The highest BCUT2D eigenvalue weighted by atomic mass is 32.2. The van der Waals surface area contributed by atoms with Gasteiger partial charge in [0.1, 0.15) is 6.33 Å². The molecule has 28 heavy (non-hydrogen) atoms. The molecular formula is C19H30N4O4S. The molecular weight excluding hydrogens is 380 g/mol. The number of likely N-dealkylation sites (tertiary alicyclic amines) is 1. The average molecular weight is 411 g/mol. The maximum atomic E-state index is 12.8. The van der Waals surface area contributed by atoms with Gasteiger partial charge in [-0.25, -0.2) is 22.7 Å². The van der Waals surface area contributed by atoms with E-state index in [2.05, 4.69) is 9.97 Å². The van der Waals surface area contributed by atoms with E-state index in [-0.39, 0.29) is 11.8 Å². The maximum absolute atomic E-state index is 12.8. The summed E-state index contributed by atoms with van der Waals surface area (Å²) < 4.78 is 30.6. The van der Waals surface area contributed by atoms with Crippen LogP contribution in [0.2, 0.25) is 0 Å². The number of nitrogens with zero attached hydrogens (tertiary/aromatic N) is 4. The van der Waals surface area contributed by atoms with Gasteiger partial charge in [0.15, 0.2) is 0 Å². The molecule has 2 aliphatic heterocycles. The van der Waals surface area contributed by atoms with Crippen molar-refractivity contribution in [2.24, 2.45) is 11.8 Å². The van der Waals surface area contributed by atoms with E-state index in [9.17, 15) is 13.2 Å². The molecule has 156 valence electrons. The standard InChI is InChI=1S/C19H30N4O4S/c1-14-15(2)20-13-21-18(14)27-12-16-4-8-22(9-5-16)19(24)17-6-10-23(11-7-17)28(3,25)26/h13,16-17H,4-12H2,1-3H3. The van der Waals surface area contributed by atoms with Crippen molar-refractivity contribution in [3.05, 3.63) is 17.6 Å². The number of carbonyl (C=O) groups excluding carboxylic acids is 1. The molecule has 0 aliphatic carbocycles. The van der Waals surface area contributed by atoms with Crippen LogP contribution in [-0.4, -0.2) is 72.5 Å². The molecule has 0 unspecified atom stereocenters. The molecule has 2 saturated heterocycles. The molecule has 2 fully saturated rings. The Morgan fingerprint density at radius 3 is 2.36 bits per heavy atom. The Morgan fingerprint density at radius 1 is 1.11 bits per heavy atom. The number of ether oxygens (including phenoxy) is 1. The number of hydrogen-bond donors (Lipinski definition) is 0. The normalized spacial score (nSPS) is 20.3. The van der Waals surface area contributed by atoms with Gasteiger partial charge >= 0.3 is 0 Å². The molecule has 1 aromatic heterocycles. The van der Waals surface area contributed by atoms with Crippen LogP contribution >= 0.6 is 0 Å². The third-order valence-corrected chi connectivity index (χ3v) is 7.25. The molecule has 0 radical (unpaired) electrons. The lowest BCUT2D eigenvalue weighted by Crippen LogP contribution is -2.46. The first kappa shape index (κ1) is 21.0. The smallest absolute Gasteiger partial charge is 0.225 e. The quantitative estimate of drug-likeness (QED) is 0.728. The number of rotatable bonds is 5. The number of hydrogen-bond acceptors (Lipinski definition) is 6. The van der Waals surface area contributed by atoms with E-state index < -0.39 is 10.0 Å². The number of aromatic nitrogens is 2. The Morgan fingerprint density at radius 2 is 1.75 bits per heavy atom. The maximum Gasteiger partial charge on any atom is 0.225 e. The second-order valence-corrected chi connectivity index (χ2v) is 9.89. The van der Waals surface area contributed by atoms with Crippen LogP contribution in [-0.2, 0) is 14.8 Å². The summed E-state index contributed by atoms with van der Waals surface area (Å²) in [7, 11) is -3.16. The summed E-state index contributed by atoms with van der Waals surface area (Å²) in [5.41, 5.74) is 1.89. The third kappa shape index (κ3) is 5.00. The first-order valence-corrected chi connectivity index (χ1v) is 11.8. The van der Waals surface area contributed by atoms with Gasteiger partial charge in [-0.15, -0.1) is 0 Å². The second-order valence-electron chi connectivity index (χ2n) is 7.91. The van der Waals surface area contributed by atoms with Crippen molar-refractivity contribution < 1.29 is 17.9 Å². The highest BCUT2D eigenvalue weighted by Crippen LogP contribution is 2.25. The zero-order chi connectivity index (χ0) is 20.3. The lowest BCUT2D eigenvalue weighted by molar-refractivity contribution is -0.138. The van der Waals surface area contributed by atoms with Crippen molar-refractivity contribution >= 4 is 15.9 Å². The van der Waals surface area contributed by atoms with E-state index in [1.165, 1.54) is 16.9 Å². The van der Waals surface area contributed by atoms with Gasteiger partial charge < -0.3 is 9.64 Å². The molecule has 0 saturated carbocycles. The third-order valence-electron chi connectivity index (χ3n) is 5.94. The van der Waals surface area contributed by atoms with Crippen molar-refractivity contribution in [3.63, 3.8) is 0 Å². The second kappa shape index (κ2) is 8.73. The average Bonchev–Trinajstić information content (AvgIpc) is 2.68. The van der Waals surface area contributed by atoms with Crippen LogP contribution in [0, 0.1) is 25.7 Å². The predicted octanol–water partition coefficient (Wildman–Crippen LogP) is 1.38. The van der Waals surface area contributed by atoms with Gasteiger partial charge in [0.2, 0.25) is 21.8 Å². The van der Waals surface area contributed by atoms with Crippen molar-refractivity contribution in [1.29, 1.82) is 0 Å². The number of aryl methyl sites for hydroxylation is 1. The van der Waals surface area contributed by atoms with Crippen LogP contribution in [0.3, 0.4) is 0 Å². The van der Waals surface area contributed by atoms with Crippen LogP contribution in [0.15, 0.2) is 6.33 Å².